The van der Waals surface area contributed by atoms with Crippen molar-refractivity contribution in [2.24, 2.45) is 5.73 Å². The Labute approximate surface area is 122 Å². The number of nitrogens with two attached hydrogens (primary N) is 1. The molecule has 0 aromatic heterocycles. The molecule has 0 heterocycles. The summed E-state index contributed by atoms with van der Waals surface area (Å²) in [7, 11) is 0. The molecule has 0 aliphatic heterocycles. The molecule has 3 heteroatoms. The topological polar surface area (TPSA) is 55.5 Å². The smallest absolute Gasteiger partial charge is 0.115 e. The van der Waals surface area contributed by atoms with E-state index in [1.54, 1.807) is 6.07 Å². The molecular weight excluding hydrogens is 250 g/mol. The largest absolute Gasteiger partial charge is 0.508 e. The summed E-state index contributed by atoms with van der Waals surface area (Å²) in [4.78, 5) is 0. The third-order valence-corrected chi connectivity index (χ3v) is 4.89. The predicted octanol–water partition coefficient (Wildman–Crippen LogP) is 3.13. The molecule has 0 bridgehead atoms. The number of aromatic hydroxyl groups is 1. The van der Waals surface area contributed by atoms with E-state index in [0.29, 0.717) is 5.75 Å². The van der Waals surface area contributed by atoms with Crippen molar-refractivity contribution in [3.63, 3.8) is 0 Å². The van der Waals surface area contributed by atoms with Crippen LogP contribution in [0.3, 0.4) is 0 Å². The van der Waals surface area contributed by atoms with Crippen LogP contribution in [0.4, 0.5) is 0 Å². The van der Waals surface area contributed by atoms with Crippen LogP contribution in [0.1, 0.15) is 51.2 Å². The van der Waals surface area contributed by atoms with Gasteiger partial charge in [0.15, 0.2) is 0 Å². The highest BCUT2D eigenvalue weighted by Gasteiger charge is 2.45. The van der Waals surface area contributed by atoms with Gasteiger partial charge in [0.25, 0.3) is 0 Å². The normalized spacial score (nSPS) is 24.4. The van der Waals surface area contributed by atoms with E-state index in [9.17, 15) is 5.11 Å². The minimum Gasteiger partial charge on any atom is -0.508 e. The standard InChI is InChI=1S/C17H27NO2/c1-4-9-20-15-10-12-7-8-13(19)11-14(12)17(5-2,6-3)16(15)18/h7-8,11,15-16,19H,4-6,9-10,18H2,1-3H3/t15-,16+/m1/s1. The van der Waals surface area contributed by atoms with Gasteiger partial charge in [-0.3, -0.25) is 0 Å². The van der Waals surface area contributed by atoms with Gasteiger partial charge in [-0.25, -0.2) is 0 Å². The zero-order chi connectivity index (χ0) is 14.8. The zero-order valence-corrected chi connectivity index (χ0v) is 12.9. The number of hydrogen-bond acceptors (Lipinski definition) is 3. The summed E-state index contributed by atoms with van der Waals surface area (Å²) >= 11 is 0. The first-order valence-electron chi connectivity index (χ1n) is 7.78. The van der Waals surface area contributed by atoms with Crippen LogP contribution in [0, 0.1) is 0 Å². The molecule has 0 spiro atoms. The maximum Gasteiger partial charge on any atom is 0.115 e. The Balaban J connectivity index is 2.45. The molecule has 1 aliphatic carbocycles. The Hall–Kier alpha value is -1.06. The lowest BCUT2D eigenvalue weighted by molar-refractivity contribution is 0.00534. The van der Waals surface area contributed by atoms with Gasteiger partial charge in [-0.2, -0.15) is 0 Å². The molecule has 2 rings (SSSR count). The summed E-state index contributed by atoms with van der Waals surface area (Å²) in [5.41, 5.74) is 8.97. The average molecular weight is 277 g/mol. The Morgan fingerprint density at radius 1 is 1.30 bits per heavy atom. The molecule has 112 valence electrons. The SMILES string of the molecule is CCCO[C@@H]1Cc2ccc(O)cc2C(CC)(CC)[C@H]1N. The molecule has 0 saturated heterocycles. The second-order valence-corrected chi connectivity index (χ2v) is 5.84. The van der Waals surface area contributed by atoms with E-state index in [4.69, 9.17) is 10.5 Å². The zero-order valence-electron chi connectivity index (χ0n) is 12.9. The van der Waals surface area contributed by atoms with E-state index in [2.05, 4.69) is 20.8 Å². The molecule has 0 fully saturated rings. The van der Waals surface area contributed by atoms with Crippen molar-refractivity contribution in [1.29, 1.82) is 0 Å². The predicted molar refractivity (Wildman–Crippen MR) is 82.1 cm³/mol. The van der Waals surface area contributed by atoms with Gasteiger partial charge in [-0.15, -0.1) is 0 Å². The summed E-state index contributed by atoms with van der Waals surface area (Å²) in [6, 6.07) is 5.68. The second kappa shape index (κ2) is 6.15. The Kier molecular flexibility index (Phi) is 4.71. The van der Waals surface area contributed by atoms with Crippen LogP contribution in [0.25, 0.3) is 0 Å². The van der Waals surface area contributed by atoms with Crippen molar-refractivity contribution >= 4 is 0 Å². The minimum absolute atomic E-state index is 0.0154. The van der Waals surface area contributed by atoms with E-state index in [1.807, 2.05) is 12.1 Å². The fourth-order valence-electron chi connectivity index (χ4n) is 3.62. The first-order chi connectivity index (χ1) is 9.58. The monoisotopic (exact) mass is 277 g/mol. The van der Waals surface area contributed by atoms with E-state index in [0.717, 1.165) is 32.3 Å². The Bertz CT molecular complexity index is 454. The van der Waals surface area contributed by atoms with Crippen LogP contribution >= 0.6 is 0 Å². The first-order valence-corrected chi connectivity index (χ1v) is 7.78. The lowest BCUT2D eigenvalue weighted by atomic mass is 9.63. The van der Waals surface area contributed by atoms with Gasteiger partial charge in [0.1, 0.15) is 5.75 Å². The Morgan fingerprint density at radius 3 is 2.60 bits per heavy atom. The van der Waals surface area contributed by atoms with Crippen LogP contribution in [0.15, 0.2) is 18.2 Å². The van der Waals surface area contributed by atoms with Crippen LogP contribution < -0.4 is 5.73 Å². The van der Waals surface area contributed by atoms with Gasteiger partial charge in [0, 0.05) is 24.5 Å². The van der Waals surface area contributed by atoms with Crippen LogP contribution in [-0.4, -0.2) is 23.9 Å². The maximum atomic E-state index is 9.83. The lowest BCUT2D eigenvalue weighted by Gasteiger charge is -2.47. The third kappa shape index (κ3) is 2.45. The molecule has 0 saturated carbocycles. The molecule has 1 aromatic carbocycles. The van der Waals surface area contributed by atoms with Gasteiger partial charge in [-0.1, -0.05) is 26.8 Å². The number of phenols is 1. The number of benzene rings is 1. The van der Waals surface area contributed by atoms with Crippen LogP contribution in [0.2, 0.25) is 0 Å². The van der Waals surface area contributed by atoms with Gasteiger partial charge in [-0.05, 0) is 42.5 Å². The summed E-state index contributed by atoms with van der Waals surface area (Å²) in [5.74, 6) is 0.329. The second-order valence-electron chi connectivity index (χ2n) is 5.84. The van der Waals surface area contributed by atoms with Crippen molar-refractivity contribution in [1.82, 2.24) is 0 Å². The van der Waals surface area contributed by atoms with E-state index >= 15 is 0 Å². The summed E-state index contributed by atoms with van der Waals surface area (Å²) < 4.78 is 6.00. The van der Waals surface area contributed by atoms with E-state index in [1.165, 1.54) is 11.1 Å². The highest BCUT2D eigenvalue weighted by Crippen LogP contribution is 2.43. The van der Waals surface area contributed by atoms with Crippen molar-refractivity contribution < 1.29 is 9.84 Å². The molecule has 1 aliphatic rings. The number of ether oxygens (including phenoxy) is 1. The van der Waals surface area contributed by atoms with Crippen molar-refractivity contribution in [2.45, 2.75) is 64.0 Å². The summed E-state index contributed by atoms with van der Waals surface area (Å²) in [6.07, 6.45) is 3.86. The van der Waals surface area contributed by atoms with E-state index in [-0.39, 0.29) is 17.6 Å². The molecule has 1 aromatic rings. The molecule has 20 heavy (non-hydrogen) atoms. The highest BCUT2D eigenvalue weighted by molar-refractivity contribution is 5.44. The van der Waals surface area contributed by atoms with Crippen LogP contribution in [-0.2, 0) is 16.6 Å². The minimum atomic E-state index is -0.0925. The number of phenolic OH excluding ortho intramolecular Hbond substituents is 1. The van der Waals surface area contributed by atoms with Crippen molar-refractivity contribution in [2.75, 3.05) is 6.61 Å². The van der Waals surface area contributed by atoms with Crippen molar-refractivity contribution in [3.05, 3.63) is 29.3 Å². The van der Waals surface area contributed by atoms with E-state index < -0.39 is 0 Å². The first kappa shape index (κ1) is 15.3. The molecule has 3 N–H and O–H groups in total. The number of fused-ring (bicyclic) bond motifs is 1. The molecule has 2 atom stereocenters. The average Bonchev–Trinajstić information content (AvgIpc) is 2.46. The van der Waals surface area contributed by atoms with Crippen molar-refractivity contribution in [3.8, 4) is 5.75 Å². The lowest BCUT2D eigenvalue weighted by Crippen LogP contribution is -2.56. The molecule has 3 nitrogen and oxygen atoms in total. The molecular formula is C17H27NO2. The molecule has 0 unspecified atom stereocenters. The fourth-order valence-corrected chi connectivity index (χ4v) is 3.62. The summed E-state index contributed by atoms with van der Waals surface area (Å²) in [5, 5.41) is 9.83. The Morgan fingerprint density at radius 2 is 2.00 bits per heavy atom. The van der Waals surface area contributed by atoms with Gasteiger partial charge >= 0.3 is 0 Å². The third-order valence-electron chi connectivity index (χ3n) is 4.89. The molecule has 0 amide bonds. The van der Waals surface area contributed by atoms with Crippen LogP contribution in [0.5, 0.6) is 5.75 Å². The fraction of sp³-hybridized carbons (Fsp3) is 0.647. The quantitative estimate of drug-likeness (QED) is 0.869. The molecule has 0 radical (unpaired) electrons. The van der Waals surface area contributed by atoms with Gasteiger partial charge in [0.2, 0.25) is 0 Å². The maximum absolute atomic E-state index is 9.83. The highest BCUT2D eigenvalue weighted by atomic mass is 16.5. The number of rotatable bonds is 5. The van der Waals surface area contributed by atoms with Gasteiger partial charge < -0.3 is 15.6 Å². The number of hydrogen-bond donors (Lipinski definition) is 2. The van der Waals surface area contributed by atoms with Gasteiger partial charge in [0.05, 0.1) is 6.10 Å². The summed E-state index contributed by atoms with van der Waals surface area (Å²) in [6.45, 7) is 7.24.